The van der Waals surface area contributed by atoms with Gasteiger partial charge in [0.05, 0.1) is 38.0 Å². The van der Waals surface area contributed by atoms with E-state index in [0.29, 0.717) is 38.8 Å². The molecule has 3 aromatic rings. The van der Waals surface area contributed by atoms with Crippen LogP contribution in [0, 0.1) is 5.41 Å². The smallest absolute Gasteiger partial charge is 0.253 e. The third-order valence-corrected chi connectivity index (χ3v) is 9.46. The Balaban J connectivity index is 1.47. The number of carbonyl (C=O) groups is 2. The summed E-state index contributed by atoms with van der Waals surface area (Å²) in [7, 11) is 4.02. The number of hydrogen-bond acceptors (Lipinski definition) is 5. The predicted molar refractivity (Wildman–Crippen MR) is 172 cm³/mol. The van der Waals surface area contributed by atoms with E-state index in [2.05, 4.69) is 34.0 Å². The van der Waals surface area contributed by atoms with Gasteiger partial charge in [0.25, 0.3) is 5.91 Å². The van der Waals surface area contributed by atoms with Crippen molar-refractivity contribution in [1.29, 1.82) is 0 Å². The van der Waals surface area contributed by atoms with Crippen LogP contribution in [0.5, 0.6) is 0 Å². The molecule has 2 saturated carbocycles. The lowest BCUT2D eigenvalue weighted by Crippen LogP contribution is -2.40. The maximum atomic E-state index is 13.6. The third kappa shape index (κ3) is 6.35. The van der Waals surface area contributed by atoms with Gasteiger partial charge in [-0.2, -0.15) is 0 Å². The van der Waals surface area contributed by atoms with Gasteiger partial charge in [-0.05, 0) is 55.9 Å². The van der Waals surface area contributed by atoms with Gasteiger partial charge in [0.2, 0.25) is 11.9 Å². The van der Waals surface area contributed by atoms with Crippen molar-refractivity contribution in [3.05, 3.63) is 45.4 Å². The first-order valence-corrected chi connectivity index (χ1v) is 15.8. The van der Waals surface area contributed by atoms with E-state index in [4.69, 9.17) is 28.2 Å². The van der Waals surface area contributed by atoms with E-state index < -0.39 is 5.41 Å². The van der Waals surface area contributed by atoms with Crippen LogP contribution in [-0.4, -0.2) is 40.5 Å². The number of anilines is 3. The number of aromatic nitrogens is 2. The van der Waals surface area contributed by atoms with Gasteiger partial charge in [-0.15, -0.1) is 0 Å². The minimum atomic E-state index is -0.509. The summed E-state index contributed by atoms with van der Waals surface area (Å²) in [6.07, 6.45) is 9.06. The van der Waals surface area contributed by atoms with Crippen LogP contribution in [0.15, 0.2) is 24.3 Å². The molecule has 10 heteroatoms. The van der Waals surface area contributed by atoms with Gasteiger partial charge >= 0.3 is 0 Å². The second kappa shape index (κ2) is 12.3. The average molecular weight is 614 g/mol. The number of rotatable bonds is 8. The van der Waals surface area contributed by atoms with Crippen molar-refractivity contribution in [2.75, 3.05) is 17.3 Å². The molecule has 0 bridgehead atoms. The minimum absolute atomic E-state index is 0.0405. The first-order valence-electron chi connectivity index (χ1n) is 15.0. The van der Waals surface area contributed by atoms with Crippen molar-refractivity contribution in [3.8, 4) is 0 Å². The molecule has 2 fully saturated rings. The molecule has 8 nitrogen and oxygen atoms in total. The quantitative estimate of drug-likeness (QED) is 0.247. The number of aryl methyl sites for hydroxylation is 1. The van der Waals surface area contributed by atoms with Gasteiger partial charge in [-0.3, -0.25) is 9.59 Å². The Bertz CT molecular complexity index is 1480. The highest BCUT2D eigenvalue weighted by Crippen LogP contribution is 2.38. The number of hydrogen-bond donors (Lipinski definition) is 3. The molecule has 0 unspecified atom stereocenters. The zero-order chi connectivity index (χ0) is 30.2. The van der Waals surface area contributed by atoms with Crippen molar-refractivity contribution < 1.29 is 9.59 Å². The molecule has 2 amide bonds. The fraction of sp³-hybridized carbons (Fsp3) is 0.531. The van der Waals surface area contributed by atoms with Crippen LogP contribution in [0.4, 0.5) is 17.3 Å². The number of nitrogens with one attached hydrogen (secondary N) is 3. The Hall–Kier alpha value is -2.97. The second-order valence-corrected chi connectivity index (χ2v) is 13.6. The first-order chi connectivity index (χ1) is 19.9. The highest BCUT2D eigenvalue weighted by Gasteiger charge is 2.28. The molecule has 1 aromatic heterocycles. The van der Waals surface area contributed by atoms with Gasteiger partial charge in [0.15, 0.2) is 0 Å². The normalized spacial score (nSPS) is 16.3. The van der Waals surface area contributed by atoms with Crippen LogP contribution < -0.4 is 20.9 Å². The summed E-state index contributed by atoms with van der Waals surface area (Å²) in [6.45, 7) is 5.88. The lowest BCUT2D eigenvalue weighted by Gasteiger charge is -2.37. The summed E-state index contributed by atoms with van der Waals surface area (Å²) in [4.78, 5) is 33.2. The minimum Gasteiger partial charge on any atom is -0.371 e. The van der Waals surface area contributed by atoms with E-state index in [9.17, 15) is 9.59 Å². The van der Waals surface area contributed by atoms with Gasteiger partial charge in [-0.1, -0.05) is 69.3 Å². The number of amides is 2. The van der Waals surface area contributed by atoms with E-state index in [1.807, 2.05) is 44.5 Å². The molecule has 2 aliphatic carbocycles. The fourth-order valence-electron chi connectivity index (χ4n) is 5.69. The second-order valence-electron chi connectivity index (χ2n) is 12.8. The summed E-state index contributed by atoms with van der Waals surface area (Å²) in [5, 5.41) is 10.4. The van der Waals surface area contributed by atoms with Crippen molar-refractivity contribution in [2.24, 2.45) is 12.5 Å². The summed E-state index contributed by atoms with van der Waals surface area (Å²) in [6, 6.07) is 8.20. The van der Waals surface area contributed by atoms with Gasteiger partial charge in [0.1, 0.15) is 0 Å². The van der Waals surface area contributed by atoms with E-state index in [1.54, 1.807) is 6.07 Å². The van der Waals surface area contributed by atoms with Gasteiger partial charge in [-0.25, -0.2) is 4.98 Å². The summed E-state index contributed by atoms with van der Waals surface area (Å²) < 4.78 is 1.96. The molecule has 226 valence electrons. The lowest BCUT2D eigenvalue weighted by atomic mass is 9.91. The molecule has 1 heterocycles. The number of fused-ring (bicyclic) bond motifs is 1. The van der Waals surface area contributed by atoms with Crippen LogP contribution in [0.1, 0.15) is 88.1 Å². The molecule has 0 spiro atoms. The van der Waals surface area contributed by atoms with Crippen LogP contribution in [0.3, 0.4) is 0 Å². The third-order valence-electron chi connectivity index (χ3n) is 8.71. The molecule has 0 aliphatic heterocycles. The molecule has 0 atom stereocenters. The fourth-order valence-corrected chi connectivity index (χ4v) is 6.22. The first kappa shape index (κ1) is 30.5. The van der Waals surface area contributed by atoms with Crippen LogP contribution >= 0.6 is 23.2 Å². The number of benzene rings is 2. The Morgan fingerprint density at radius 1 is 1.05 bits per heavy atom. The number of carbonyl (C=O) groups excluding carboxylic acids is 2. The zero-order valence-electron chi connectivity index (χ0n) is 25.2. The monoisotopic (exact) mass is 612 g/mol. The van der Waals surface area contributed by atoms with E-state index in [1.165, 1.54) is 12.8 Å². The Kier molecular flexibility index (Phi) is 8.95. The topological polar surface area (TPSA) is 91.3 Å². The molecule has 5 rings (SSSR count). The molecule has 0 radical (unpaired) electrons. The number of imidazole rings is 1. The summed E-state index contributed by atoms with van der Waals surface area (Å²) in [5.41, 5.74) is 3.93. The van der Waals surface area contributed by atoms with Crippen molar-refractivity contribution in [2.45, 2.75) is 90.8 Å². The van der Waals surface area contributed by atoms with Crippen molar-refractivity contribution in [1.82, 2.24) is 20.2 Å². The average Bonchev–Trinajstić information content (AvgIpc) is 3.22. The van der Waals surface area contributed by atoms with Gasteiger partial charge < -0.3 is 25.4 Å². The highest BCUT2D eigenvalue weighted by atomic mass is 35.5. The SMILES string of the molecule is CN(c1cc2c(cc1C(=O)NC1CCCCC1)nc(Nc1c(Cl)ccc(CNC(=O)C(C)(C)C)c1Cl)n2C)C1CCC1. The molecule has 42 heavy (non-hydrogen) atoms. The van der Waals surface area contributed by atoms with Crippen LogP contribution in [0.2, 0.25) is 10.0 Å². The molecule has 0 saturated heterocycles. The van der Waals surface area contributed by atoms with Crippen LogP contribution in [-0.2, 0) is 18.4 Å². The lowest BCUT2D eigenvalue weighted by molar-refractivity contribution is -0.128. The van der Waals surface area contributed by atoms with Crippen molar-refractivity contribution >= 4 is 63.4 Å². The Morgan fingerprint density at radius 2 is 1.76 bits per heavy atom. The standard InChI is InChI=1S/C32H42Cl2N6O2/c1-32(2,3)30(42)35-18-19-14-15-23(33)28(27(19)34)38-31-37-24-16-22(29(41)36-20-10-7-6-8-11-20)25(17-26(24)40(31)5)39(4)21-12-9-13-21/h14-17,20-21H,6-13,18H2,1-5H3,(H,35,42)(H,36,41)(H,37,38). The largest absolute Gasteiger partial charge is 0.371 e. The number of nitrogens with zero attached hydrogens (tertiary/aromatic N) is 3. The maximum Gasteiger partial charge on any atom is 0.253 e. The summed E-state index contributed by atoms with van der Waals surface area (Å²) in [5.74, 6) is 0.442. The van der Waals surface area contributed by atoms with Gasteiger partial charge in [0, 0.05) is 38.1 Å². The zero-order valence-corrected chi connectivity index (χ0v) is 26.8. The molecular formula is C32H42Cl2N6O2. The molecule has 2 aromatic carbocycles. The maximum absolute atomic E-state index is 13.6. The Morgan fingerprint density at radius 3 is 2.40 bits per heavy atom. The Labute approximate surface area is 258 Å². The summed E-state index contributed by atoms with van der Waals surface area (Å²) >= 11 is 13.4. The number of halogens is 2. The van der Waals surface area contributed by atoms with Crippen molar-refractivity contribution in [3.63, 3.8) is 0 Å². The van der Waals surface area contributed by atoms with Crippen LogP contribution in [0.25, 0.3) is 11.0 Å². The molecule has 2 aliphatic rings. The highest BCUT2D eigenvalue weighted by molar-refractivity contribution is 6.39. The van der Waals surface area contributed by atoms with E-state index >= 15 is 0 Å². The van der Waals surface area contributed by atoms with E-state index in [0.717, 1.165) is 55.3 Å². The van der Waals surface area contributed by atoms with E-state index in [-0.39, 0.29) is 24.4 Å². The molecular weight excluding hydrogens is 571 g/mol. The predicted octanol–water partition coefficient (Wildman–Crippen LogP) is 7.34. The molecule has 3 N–H and O–H groups in total.